The third-order valence-corrected chi connectivity index (χ3v) is 3.36. The summed E-state index contributed by atoms with van der Waals surface area (Å²) in [5.41, 5.74) is 2.37. The number of halogens is 1. The van der Waals surface area contributed by atoms with Gasteiger partial charge < -0.3 is 10.1 Å². The van der Waals surface area contributed by atoms with Gasteiger partial charge in [-0.1, -0.05) is 43.6 Å². The van der Waals surface area contributed by atoms with Gasteiger partial charge >= 0.3 is 0 Å². The molecule has 0 aliphatic carbocycles. The van der Waals surface area contributed by atoms with Crippen LogP contribution >= 0.6 is 11.6 Å². The molecule has 0 aromatic heterocycles. The number of benzene rings is 2. The topological polar surface area (TPSA) is 21.3 Å². The average molecular weight is 290 g/mol. The van der Waals surface area contributed by atoms with Gasteiger partial charge in [-0.15, -0.1) is 0 Å². The van der Waals surface area contributed by atoms with Crippen molar-refractivity contribution < 1.29 is 4.74 Å². The first-order chi connectivity index (χ1) is 9.72. The molecule has 2 aromatic carbocycles. The van der Waals surface area contributed by atoms with Crippen LogP contribution in [-0.2, 0) is 13.0 Å². The number of rotatable bonds is 6. The van der Waals surface area contributed by atoms with Crippen LogP contribution in [0.4, 0.5) is 0 Å². The van der Waals surface area contributed by atoms with E-state index in [0.717, 1.165) is 36.6 Å². The maximum atomic E-state index is 6.08. The van der Waals surface area contributed by atoms with Crippen molar-refractivity contribution in [1.82, 2.24) is 5.32 Å². The molecule has 0 radical (unpaired) electrons. The van der Waals surface area contributed by atoms with E-state index >= 15 is 0 Å². The van der Waals surface area contributed by atoms with Crippen LogP contribution in [0.15, 0.2) is 42.5 Å². The van der Waals surface area contributed by atoms with Crippen LogP contribution in [0.1, 0.15) is 25.0 Å². The van der Waals surface area contributed by atoms with E-state index in [1.54, 1.807) is 0 Å². The van der Waals surface area contributed by atoms with Crippen molar-refractivity contribution in [3.63, 3.8) is 0 Å². The molecule has 0 spiro atoms. The van der Waals surface area contributed by atoms with Gasteiger partial charge in [0, 0.05) is 17.1 Å². The fourth-order valence-electron chi connectivity index (χ4n) is 1.98. The van der Waals surface area contributed by atoms with Gasteiger partial charge in [-0.25, -0.2) is 0 Å². The van der Waals surface area contributed by atoms with Crippen molar-refractivity contribution >= 4 is 11.6 Å². The second kappa shape index (κ2) is 7.32. The molecule has 2 nitrogen and oxygen atoms in total. The molecule has 0 amide bonds. The Morgan fingerprint density at radius 1 is 1.10 bits per heavy atom. The van der Waals surface area contributed by atoms with Crippen LogP contribution in [0.5, 0.6) is 11.5 Å². The lowest BCUT2D eigenvalue weighted by Crippen LogP contribution is -2.12. The average Bonchev–Trinajstić information content (AvgIpc) is 2.47. The maximum Gasteiger partial charge on any atom is 0.133 e. The van der Waals surface area contributed by atoms with Gasteiger partial charge in [0.25, 0.3) is 0 Å². The van der Waals surface area contributed by atoms with E-state index < -0.39 is 0 Å². The minimum absolute atomic E-state index is 0.687. The summed E-state index contributed by atoms with van der Waals surface area (Å²) in [7, 11) is 0. The predicted molar refractivity (Wildman–Crippen MR) is 84.7 cm³/mol. The molecular formula is C17H20ClNO. The first-order valence-corrected chi connectivity index (χ1v) is 7.36. The summed E-state index contributed by atoms with van der Waals surface area (Å²) < 4.78 is 6.01. The zero-order valence-corrected chi connectivity index (χ0v) is 12.7. The van der Waals surface area contributed by atoms with E-state index in [-0.39, 0.29) is 0 Å². The molecule has 1 N–H and O–H groups in total. The van der Waals surface area contributed by atoms with Gasteiger partial charge in [-0.3, -0.25) is 0 Å². The Morgan fingerprint density at radius 3 is 2.70 bits per heavy atom. The Kier molecular flexibility index (Phi) is 5.45. The Balaban J connectivity index is 2.24. The van der Waals surface area contributed by atoms with E-state index in [1.165, 1.54) is 5.56 Å². The SMILES string of the molecule is CCNCc1ccc(Cl)cc1Oc1cccc(CC)c1. The molecule has 0 heterocycles. The predicted octanol–water partition coefficient (Wildman–Crippen LogP) is 4.80. The van der Waals surface area contributed by atoms with E-state index in [9.17, 15) is 0 Å². The molecule has 0 aliphatic rings. The van der Waals surface area contributed by atoms with Gasteiger partial charge in [0.1, 0.15) is 11.5 Å². The zero-order chi connectivity index (χ0) is 14.4. The Morgan fingerprint density at radius 2 is 1.95 bits per heavy atom. The largest absolute Gasteiger partial charge is 0.457 e. The smallest absolute Gasteiger partial charge is 0.133 e. The van der Waals surface area contributed by atoms with Crippen LogP contribution in [0, 0.1) is 0 Å². The lowest BCUT2D eigenvalue weighted by atomic mass is 10.1. The molecule has 0 saturated carbocycles. The number of ether oxygens (including phenoxy) is 1. The van der Waals surface area contributed by atoms with E-state index in [2.05, 4.69) is 31.3 Å². The number of aryl methyl sites for hydroxylation is 1. The lowest BCUT2D eigenvalue weighted by Gasteiger charge is -2.12. The monoisotopic (exact) mass is 289 g/mol. The Hall–Kier alpha value is -1.51. The fraction of sp³-hybridized carbons (Fsp3) is 0.294. The quantitative estimate of drug-likeness (QED) is 0.824. The second-order valence-electron chi connectivity index (χ2n) is 4.64. The van der Waals surface area contributed by atoms with Gasteiger partial charge in [0.15, 0.2) is 0 Å². The van der Waals surface area contributed by atoms with Gasteiger partial charge in [-0.2, -0.15) is 0 Å². The van der Waals surface area contributed by atoms with Crippen LogP contribution in [0.3, 0.4) is 0 Å². The highest BCUT2D eigenvalue weighted by molar-refractivity contribution is 6.30. The Labute approximate surface area is 125 Å². The summed E-state index contributed by atoms with van der Waals surface area (Å²) in [5, 5.41) is 4.00. The molecule has 0 unspecified atom stereocenters. The van der Waals surface area contributed by atoms with Crippen molar-refractivity contribution in [2.45, 2.75) is 26.8 Å². The summed E-state index contributed by atoms with van der Waals surface area (Å²) in [6, 6.07) is 13.9. The van der Waals surface area contributed by atoms with Crippen LogP contribution in [0.2, 0.25) is 5.02 Å². The maximum absolute atomic E-state index is 6.08. The lowest BCUT2D eigenvalue weighted by molar-refractivity contribution is 0.472. The van der Waals surface area contributed by atoms with Gasteiger partial charge in [0.2, 0.25) is 0 Å². The first kappa shape index (κ1) is 14.9. The molecule has 0 aliphatic heterocycles. The molecular weight excluding hydrogens is 270 g/mol. The van der Waals surface area contributed by atoms with E-state index in [1.807, 2.05) is 30.3 Å². The van der Waals surface area contributed by atoms with Crippen LogP contribution in [-0.4, -0.2) is 6.54 Å². The molecule has 0 saturated heterocycles. The fourth-order valence-corrected chi connectivity index (χ4v) is 2.15. The summed E-state index contributed by atoms with van der Waals surface area (Å²) in [5.74, 6) is 1.66. The third kappa shape index (κ3) is 3.99. The molecule has 20 heavy (non-hydrogen) atoms. The van der Waals surface area contributed by atoms with E-state index in [0.29, 0.717) is 5.02 Å². The standard InChI is InChI=1S/C17H20ClNO/c1-3-13-6-5-7-16(10-13)20-17-11-15(18)9-8-14(17)12-19-4-2/h5-11,19H,3-4,12H2,1-2H3. The van der Waals surface area contributed by atoms with E-state index in [4.69, 9.17) is 16.3 Å². The number of nitrogens with one attached hydrogen (secondary N) is 1. The van der Waals surface area contributed by atoms with Crippen molar-refractivity contribution in [3.05, 3.63) is 58.6 Å². The zero-order valence-electron chi connectivity index (χ0n) is 11.9. The normalized spacial score (nSPS) is 10.6. The first-order valence-electron chi connectivity index (χ1n) is 6.99. The molecule has 0 atom stereocenters. The molecule has 3 heteroatoms. The summed E-state index contributed by atoms with van der Waals surface area (Å²) in [4.78, 5) is 0. The van der Waals surface area contributed by atoms with Gasteiger partial charge in [-0.05, 0) is 42.8 Å². The minimum Gasteiger partial charge on any atom is -0.457 e. The summed E-state index contributed by atoms with van der Waals surface area (Å²) in [6.45, 7) is 5.92. The highest BCUT2D eigenvalue weighted by Crippen LogP contribution is 2.29. The van der Waals surface area contributed by atoms with Crippen molar-refractivity contribution in [2.24, 2.45) is 0 Å². The summed E-state index contributed by atoms with van der Waals surface area (Å²) >= 11 is 6.08. The van der Waals surface area contributed by atoms with Crippen LogP contribution < -0.4 is 10.1 Å². The number of hydrogen-bond donors (Lipinski definition) is 1. The molecule has 106 valence electrons. The molecule has 2 rings (SSSR count). The van der Waals surface area contributed by atoms with Crippen molar-refractivity contribution in [2.75, 3.05) is 6.54 Å². The highest BCUT2D eigenvalue weighted by atomic mass is 35.5. The molecule has 2 aromatic rings. The molecule has 0 bridgehead atoms. The third-order valence-electron chi connectivity index (χ3n) is 3.13. The number of hydrogen-bond acceptors (Lipinski definition) is 2. The van der Waals surface area contributed by atoms with Crippen molar-refractivity contribution in [3.8, 4) is 11.5 Å². The van der Waals surface area contributed by atoms with Gasteiger partial charge in [0.05, 0.1) is 0 Å². The van der Waals surface area contributed by atoms with Crippen molar-refractivity contribution in [1.29, 1.82) is 0 Å². The summed E-state index contributed by atoms with van der Waals surface area (Å²) in [6.07, 6.45) is 0.997. The molecule has 0 fully saturated rings. The van der Waals surface area contributed by atoms with Crippen LogP contribution in [0.25, 0.3) is 0 Å². The second-order valence-corrected chi connectivity index (χ2v) is 5.07. The minimum atomic E-state index is 0.687. The Bertz CT molecular complexity index is 569. The highest BCUT2D eigenvalue weighted by Gasteiger charge is 2.06.